The van der Waals surface area contributed by atoms with Gasteiger partial charge < -0.3 is 18.9 Å². The molecule has 3 aromatic rings. The number of ether oxygens (including phenoxy) is 4. The van der Waals surface area contributed by atoms with Crippen LogP contribution in [0, 0.1) is 0 Å². The number of methoxy groups -OCH3 is 1. The zero-order chi connectivity index (χ0) is 27.0. The minimum Gasteiger partial charge on any atom is -0.497 e. The fourth-order valence-electron chi connectivity index (χ4n) is 3.77. The third kappa shape index (κ3) is 4.87. The third-order valence-electron chi connectivity index (χ3n) is 5.55. The van der Waals surface area contributed by atoms with Crippen molar-refractivity contribution in [3.05, 3.63) is 80.2 Å². The second-order valence-electron chi connectivity index (χ2n) is 7.92. The van der Waals surface area contributed by atoms with E-state index in [0.29, 0.717) is 26.2 Å². The van der Waals surface area contributed by atoms with Crippen molar-refractivity contribution in [1.29, 1.82) is 0 Å². The van der Waals surface area contributed by atoms with Crippen LogP contribution in [-0.2, 0) is 9.59 Å². The lowest BCUT2D eigenvalue weighted by Crippen LogP contribution is -2.54. The second kappa shape index (κ2) is 10.3. The number of carbonyl (C=O) groups is 4. The molecule has 0 aliphatic carbocycles. The van der Waals surface area contributed by atoms with Crippen LogP contribution in [0.15, 0.2) is 69.1 Å². The lowest BCUT2D eigenvalue weighted by Gasteiger charge is -2.26. The number of hydrogen-bond donors (Lipinski definition) is 1. The van der Waals surface area contributed by atoms with Gasteiger partial charge >= 0.3 is 12.0 Å². The number of hydrogen-bond acceptors (Lipinski definition) is 8. The number of halogens is 2. The minimum atomic E-state index is -0.907. The van der Waals surface area contributed by atoms with Crippen molar-refractivity contribution in [1.82, 2.24) is 5.32 Å². The van der Waals surface area contributed by atoms with E-state index >= 15 is 0 Å². The van der Waals surface area contributed by atoms with E-state index in [9.17, 15) is 19.2 Å². The Bertz CT molecular complexity index is 1550. The van der Waals surface area contributed by atoms with Gasteiger partial charge in [-0.1, -0.05) is 22.0 Å². The van der Waals surface area contributed by atoms with Crippen LogP contribution >= 0.6 is 31.9 Å². The van der Waals surface area contributed by atoms with E-state index in [-0.39, 0.29) is 34.9 Å². The highest BCUT2D eigenvalue weighted by Crippen LogP contribution is 2.37. The summed E-state index contributed by atoms with van der Waals surface area (Å²) >= 11 is 6.74. The van der Waals surface area contributed by atoms with Gasteiger partial charge in [0.15, 0.2) is 17.2 Å². The third-order valence-corrected chi connectivity index (χ3v) is 6.60. The number of nitrogens with zero attached hydrogens (tertiary/aromatic N) is 1. The van der Waals surface area contributed by atoms with Crippen LogP contribution < -0.4 is 29.2 Å². The van der Waals surface area contributed by atoms with Crippen molar-refractivity contribution >= 4 is 67.4 Å². The van der Waals surface area contributed by atoms with Crippen LogP contribution in [0.3, 0.4) is 0 Å². The van der Waals surface area contributed by atoms with E-state index < -0.39 is 23.8 Å². The molecule has 1 fully saturated rings. The number of carbonyl (C=O) groups excluding carboxylic acids is 4. The maximum absolute atomic E-state index is 13.4. The molecular weight excluding hydrogens is 628 g/mol. The van der Waals surface area contributed by atoms with Crippen molar-refractivity contribution in [2.45, 2.75) is 0 Å². The summed E-state index contributed by atoms with van der Waals surface area (Å²) < 4.78 is 22.4. The Morgan fingerprint density at radius 3 is 2.61 bits per heavy atom. The Kier molecular flexibility index (Phi) is 6.91. The predicted octanol–water partition coefficient (Wildman–Crippen LogP) is 4.83. The standard InChI is InChI=1S/C26H16Br2N2O8/c1-35-17-4-2-3-16(11-17)30-24(32)18(23(31)29-26(30)34)8-14-7-15(27)10-19(28)22(14)38-25(33)13-5-6-20-21(9-13)37-12-36-20/h2-11H,12H2,1H3,(H,29,31,34)/b18-8-. The number of benzene rings is 3. The molecule has 2 aliphatic rings. The van der Waals surface area contributed by atoms with E-state index in [1.807, 2.05) is 0 Å². The van der Waals surface area contributed by atoms with Gasteiger partial charge in [-0.15, -0.1) is 0 Å². The highest BCUT2D eigenvalue weighted by molar-refractivity contribution is 9.11. The summed E-state index contributed by atoms with van der Waals surface area (Å²) in [6.07, 6.45) is 1.25. The van der Waals surface area contributed by atoms with Crippen LogP contribution in [0.1, 0.15) is 15.9 Å². The van der Waals surface area contributed by atoms with E-state index in [4.69, 9.17) is 18.9 Å². The largest absolute Gasteiger partial charge is 0.497 e. The van der Waals surface area contributed by atoms with Gasteiger partial charge in [0.05, 0.1) is 22.8 Å². The van der Waals surface area contributed by atoms with Crippen LogP contribution in [-0.4, -0.2) is 37.7 Å². The molecule has 3 aromatic carbocycles. The molecule has 0 radical (unpaired) electrons. The Morgan fingerprint density at radius 2 is 1.82 bits per heavy atom. The van der Waals surface area contributed by atoms with Gasteiger partial charge in [-0.3, -0.25) is 14.9 Å². The first kappa shape index (κ1) is 25.5. The first-order chi connectivity index (χ1) is 18.2. The summed E-state index contributed by atoms with van der Waals surface area (Å²) in [6, 6.07) is 13.2. The van der Waals surface area contributed by atoms with Crippen LogP contribution in [0.25, 0.3) is 6.08 Å². The number of fused-ring (bicyclic) bond motifs is 1. The normalized spacial score (nSPS) is 15.5. The Balaban J connectivity index is 1.51. The quantitative estimate of drug-likeness (QED) is 0.182. The Morgan fingerprint density at radius 1 is 1.03 bits per heavy atom. The Labute approximate surface area is 232 Å². The molecule has 10 nitrogen and oxygen atoms in total. The van der Waals surface area contributed by atoms with E-state index in [1.165, 1.54) is 37.5 Å². The topological polar surface area (TPSA) is 120 Å². The second-order valence-corrected chi connectivity index (χ2v) is 9.69. The molecule has 2 heterocycles. The number of urea groups is 1. The molecule has 192 valence electrons. The highest BCUT2D eigenvalue weighted by Gasteiger charge is 2.37. The van der Waals surface area contributed by atoms with Crippen molar-refractivity contribution in [3.8, 4) is 23.0 Å². The Hall–Kier alpha value is -4.16. The number of barbiturate groups is 1. The maximum atomic E-state index is 13.4. The zero-order valence-electron chi connectivity index (χ0n) is 19.4. The number of amides is 4. The average Bonchev–Trinajstić information content (AvgIpc) is 3.36. The summed E-state index contributed by atoms with van der Waals surface area (Å²) in [5, 5.41) is 2.17. The summed E-state index contributed by atoms with van der Waals surface area (Å²) in [5.41, 5.74) is 0.274. The van der Waals surface area contributed by atoms with Crippen LogP contribution in [0.4, 0.5) is 10.5 Å². The first-order valence-electron chi connectivity index (χ1n) is 10.9. The molecule has 0 spiro atoms. The molecule has 0 unspecified atom stereocenters. The molecule has 38 heavy (non-hydrogen) atoms. The number of rotatable bonds is 5. The van der Waals surface area contributed by atoms with Crippen LogP contribution in [0.2, 0.25) is 0 Å². The summed E-state index contributed by atoms with van der Waals surface area (Å²) in [5.74, 6) is -1.09. The highest BCUT2D eigenvalue weighted by atomic mass is 79.9. The van der Waals surface area contributed by atoms with Gasteiger partial charge in [-0.25, -0.2) is 14.5 Å². The smallest absolute Gasteiger partial charge is 0.343 e. The van der Waals surface area contributed by atoms with E-state index in [2.05, 4.69) is 37.2 Å². The monoisotopic (exact) mass is 642 g/mol. The van der Waals surface area contributed by atoms with Crippen molar-refractivity contribution in [2.24, 2.45) is 0 Å². The van der Waals surface area contributed by atoms with Crippen molar-refractivity contribution in [2.75, 3.05) is 18.8 Å². The first-order valence-corrected chi connectivity index (χ1v) is 12.5. The predicted molar refractivity (Wildman–Crippen MR) is 141 cm³/mol. The SMILES string of the molecule is COc1cccc(N2C(=O)NC(=O)/C(=C/c3cc(Br)cc(Br)c3OC(=O)c3ccc4c(c3)OCO4)C2=O)c1. The van der Waals surface area contributed by atoms with Gasteiger partial charge in [-0.05, 0) is 64.5 Å². The molecule has 0 atom stereocenters. The van der Waals surface area contributed by atoms with Gasteiger partial charge in [0.1, 0.15) is 11.3 Å². The molecule has 1 N–H and O–H groups in total. The fourth-order valence-corrected chi connectivity index (χ4v) is 5.11. The number of nitrogens with one attached hydrogen (secondary N) is 1. The van der Waals surface area contributed by atoms with Gasteiger partial charge in [0.2, 0.25) is 6.79 Å². The van der Waals surface area contributed by atoms with Gasteiger partial charge in [-0.2, -0.15) is 0 Å². The van der Waals surface area contributed by atoms with Gasteiger partial charge in [0, 0.05) is 16.1 Å². The fraction of sp³-hybridized carbons (Fsp3) is 0.0769. The molecule has 5 rings (SSSR count). The van der Waals surface area contributed by atoms with E-state index in [1.54, 1.807) is 30.3 Å². The summed E-state index contributed by atoms with van der Waals surface area (Å²) in [6.45, 7) is 0.0508. The number of anilines is 1. The average molecular weight is 644 g/mol. The van der Waals surface area contributed by atoms with Crippen LogP contribution in [0.5, 0.6) is 23.0 Å². The maximum Gasteiger partial charge on any atom is 0.343 e. The molecular formula is C26H16Br2N2O8. The minimum absolute atomic E-state index is 0.0498. The number of imide groups is 2. The summed E-state index contributed by atoms with van der Waals surface area (Å²) in [4.78, 5) is 52.5. The van der Waals surface area contributed by atoms with Crippen molar-refractivity contribution < 1.29 is 38.1 Å². The molecule has 12 heteroatoms. The molecule has 2 aliphatic heterocycles. The van der Waals surface area contributed by atoms with E-state index in [0.717, 1.165) is 4.90 Å². The molecule has 0 bridgehead atoms. The van der Waals surface area contributed by atoms with Gasteiger partial charge in [0.25, 0.3) is 11.8 Å². The van der Waals surface area contributed by atoms with Crippen molar-refractivity contribution in [3.63, 3.8) is 0 Å². The zero-order valence-corrected chi connectivity index (χ0v) is 22.6. The number of esters is 1. The lowest BCUT2D eigenvalue weighted by molar-refractivity contribution is -0.122. The lowest BCUT2D eigenvalue weighted by atomic mass is 10.1. The molecule has 4 amide bonds. The molecule has 0 saturated carbocycles. The summed E-state index contributed by atoms with van der Waals surface area (Å²) in [7, 11) is 1.45. The molecule has 1 saturated heterocycles. The molecule has 0 aromatic heterocycles.